The van der Waals surface area contributed by atoms with Gasteiger partial charge in [0.1, 0.15) is 0 Å². The van der Waals surface area contributed by atoms with Crippen LogP contribution in [0.4, 0.5) is 0 Å². The van der Waals surface area contributed by atoms with E-state index in [1.807, 2.05) is 0 Å². The van der Waals surface area contributed by atoms with Crippen molar-refractivity contribution in [3.05, 3.63) is 12.3 Å². The summed E-state index contributed by atoms with van der Waals surface area (Å²) in [5.41, 5.74) is 1.68. The van der Waals surface area contributed by atoms with Gasteiger partial charge in [-0.15, -0.1) is 0 Å². The van der Waals surface area contributed by atoms with E-state index >= 15 is 0 Å². The quantitative estimate of drug-likeness (QED) is 0.614. The topological polar surface area (TPSA) is 3.24 Å². The molecule has 0 amide bonds. The fraction of sp³-hybridized carbons (Fsp3) is 0.867. The van der Waals surface area contributed by atoms with Gasteiger partial charge in [-0.1, -0.05) is 54.5 Å². The van der Waals surface area contributed by atoms with Crippen LogP contribution >= 0.6 is 0 Å². The molecule has 0 N–H and O–H groups in total. The first-order valence-corrected chi connectivity index (χ1v) is 6.62. The van der Waals surface area contributed by atoms with Gasteiger partial charge in [-0.3, -0.25) is 0 Å². The van der Waals surface area contributed by atoms with Gasteiger partial charge in [-0.05, 0) is 23.7 Å². The molecule has 0 aliphatic heterocycles. The van der Waals surface area contributed by atoms with Crippen LogP contribution in [0.2, 0.25) is 0 Å². The Kier molecular flexibility index (Phi) is 6.14. The lowest BCUT2D eigenvalue weighted by molar-refractivity contribution is 0.165. The summed E-state index contributed by atoms with van der Waals surface area (Å²) in [7, 11) is 2.17. The summed E-state index contributed by atoms with van der Waals surface area (Å²) in [6, 6.07) is 0. The highest BCUT2D eigenvalue weighted by Crippen LogP contribution is 2.32. The van der Waals surface area contributed by atoms with E-state index in [4.69, 9.17) is 0 Å². The van der Waals surface area contributed by atoms with Gasteiger partial charge in [0.2, 0.25) is 0 Å². The highest BCUT2D eigenvalue weighted by Gasteiger charge is 2.26. The smallest absolute Gasteiger partial charge is 0.0202 e. The van der Waals surface area contributed by atoms with Crippen LogP contribution in [0.3, 0.4) is 0 Å². The Hall–Kier alpha value is -0.460. The Morgan fingerprint density at radius 2 is 1.75 bits per heavy atom. The van der Waals surface area contributed by atoms with E-state index in [0.717, 1.165) is 6.54 Å². The van der Waals surface area contributed by atoms with Gasteiger partial charge in [-0.25, -0.2) is 0 Å². The number of hydrogen-bond donors (Lipinski definition) is 0. The molecule has 0 aromatic carbocycles. The predicted octanol–water partition coefficient (Wildman–Crippen LogP) is 4.55. The second-order valence-electron chi connectivity index (χ2n) is 6.17. The molecule has 0 fully saturated rings. The summed E-state index contributed by atoms with van der Waals surface area (Å²) in [5, 5.41) is 0. The SMILES string of the molecule is C=C(C(C)C)N(C)CC(C)C(C)(C)CCC. The summed E-state index contributed by atoms with van der Waals surface area (Å²) in [5.74, 6) is 1.25. The molecule has 0 saturated carbocycles. The minimum atomic E-state index is 0.431. The van der Waals surface area contributed by atoms with Crippen LogP contribution in [-0.4, -0.2) is 18.5 Å². The van der Waals surface area contributed by atoms with Crippen molar-refractivity contribution in [1.82, 2.24) is 4.90 Å². The molecule has 1 atom stereocenters. The third-order valence-corrected chi connectivity index (χ3v) is 3.93. The van der Waals surface area contributed by atoms with E-state index < -0.39 is 0 Å². The maximum absolute atomic E-state index is 4.16. The summed E-state index contributed by atoms with van der Waals surface area (Å²) in [6.45, 7) is 19.1. The Bertz CT molecular complexity index is 215. The summed E-state index contributed by atoms with van der Waals surface area (Å²) in [6.07, 6.45) is 2.57. The van der Waals surface area contributed by atoms with Gasteiger partial charge < -0.3 is 4.90 Å². The van der Waals surface area contributed by atoms with Crippen LogP contribution in [0.15, 0.2) is 12.3 Å². The maximum Gasteiger partial charge on any atom is 0.0202 e. The average molecular weight is 225 g/mol. The lowest BCUT2D eigenvalue weighted by Gasteiger charge is -2.36. The van der Waals surface area contributed by atoms with Gasteiger partial charge in [0.15, 0.2) is 0 Å². The Morgan fingerprint density at radius 3 is 2.12 bits per heavy atom. The molecule has 0 aromatic heterocycles. The zero-order chi connectivity index (χ0) is 12.9. The summed E-state index contributed by atoms with van der Waals surface area (Å²) < 4.78 is 0. The number of nitrogens with zero attached hydrogens (tertiary/aromatic N) is 1. The normalized spacial score (nSPS) is 14.0. The fourth-order valence-corrected chi connectivity index (χ4v) is 2.11. The minimum Gasteiger partial charge on any atom is -0.378 e. The van der Waals surface area contributed by atoms with E-state index in [1.165, 1.54) is 18.5 Å². The Morgan fingerprint density at radius 1 is 1.25 bits per heavy atom. The van der Waals surface area contributed by atoms with E-state index in [0.29, 0.717) is 17.3 Å². The Balaban J connectivity index is 4.33. The van der Waals surface area contributed by atoms with E-state index in [9.17, 15) is 0 Å². The first-order valence-electron chi connectivity index (χ1n) is 6.62. The molecular formula is C15H31N. The number of hydrogen-bond acceptors (Lipinski definition) is 1. The van der Waals surface area contributed by atoms with Crippen molar-refractivity contribution in [3.63, 3.8) is 0 Å². The third kappa shape index (κ3) is 4.59. The molecule has 0 aliphatic rings. The highest BCUT2D eigenvalue weighted by atomic mass is 15.1. The second kappa shape index (κ2) is 6.32. The van der Waals surface area contributed by atoms with Crippen LogP contribution in [-0.2, 0) is 0 Å². The van der Waals surface area contributed by atoms with Crippen molar-refractivity contribution in [2.24, 2.45) is 17.3 Å². The summed E-state index contributed by atoms with van der Waals surface area (Å²) in [4.78, 5) is 2.33. The van der Waals surface area contributed by atoms with E-state index in [-0.39, 0.29) is 0 Å². The average Bonchev–Trinajstić information content (AvgIpc) is 2.15. The van der Waals surface area contributed by atoms with Crippen molar-refractivity contribution < 1.29 is 0 Å². The van der Waals surface area contributed by atoms with Crippen molar-refractivity contribution in [3.8, 4) is 0 Å². The molecule has 0 spiro atoms. The lowest BCUT2D eigenvalue weighted by atomic mass is 9.76. The van der Waals surface area contributed by atoms with Crippen LogP contribution in [0, 0.1) is 17.3 Å². The molecule has 1 heteroatoms. The van der Waals surface area contributed by atoms with Gasteiger partial charge in [-0.2, -0.15) is 0 Å². The van der Waals surface area contributed by atoms with Crippen LogP contribution in [0.5, 0.6) is 0 Å². The van der Waals surface area contributed by atoms with Crippen molar-refractivity contribution in [1.29, 1.82) is 0 Å². The van der Waals surface area contributed by atoms with Gasteiger partial charge in [0, 0.05) is 19.3 Å². The molecule has 0 radical (unpaired) electrons. The van der Waals surface area contributed by atoms with E-state index in [2.05, 4.69) is 60.1 Å². The van der Waals surface area contributed by atoms with Crippen molar-refractivity contribution >= 4 is 0 Å². The molecule has 1 nitrogen and oxygen atoms in total. The first kappa shape index (κ1) is 15.5. The summed E-state index contributed by atoms with van der Waals surface area (Å²) >= 11 is 0. The molecule has 16 heavy (non-hydrogen) atoms. The molecular weight excluding hydrogens is 194 g/mol. The highest BCUT2D eigenvalue weighted by molar-refractivity contribution is 4.96. The molecule has 1 unspecified atom stereocenters. The zero-order valence-electron chi connectivity index (χ0n) is 12.4. The fourth-order valence-electron chi connectivity index (χ4n) is 2.11. The zero-order valence-corrected chi connectivity index (χ0v) is 12.4. The molecule has 0 aliphatic carbocycles. The van der Waals surface area contributed by atoms with Gasteiger partial charge in [0.05, 0.1) is 0 Å². The predicted molar refractivity (Wildman–Crippen MR) is 74.5 cm³/mol. The third-order valence-electron chi connectivity index (χ3n) is 3.93. The molecule has 96 valence electrons. The van der Waals surface area contributed by atoms with Crippen LogP contribution in [0.25, 0.3) is 0 Å². The molecule has 0 saturated heterocycles. The lowest BCUT2D eigenvalue weighted by Crippen LogP contribution is -2.33. The standard InChI is InChI=1S/C15H31N/c1-9-10-15(6,7)13(4)11-16(8)14(5)12(2)3/h12-13H,5,9-11H2,1-4,6-8H3. The first-order chi connectivity index (χ1) is 7.22. The number of allylic oxidation sites excluding steroid dienone is 1. The molecule has 0 aromatic rings. The Labute approximate surface area is 103 Å². The second-order valence-corrected chi connectivity index (χ2v) is 6.17. The van der Waals surface area contributed by atoms with Crippen molar-refractivity contribution in [2.75, 3.05) is 13.6 Å². The number of rotatable bonds is 7. The molecule has 0 bridgehead atoms. The van der Waals surface area contributed by atoms with Crippen molar-refractivity contribution in [2.45, 2.75) is 54.4 Å². The molecule has 0 heterocycles. The monoisotopic (exact) mass is 225 g/mol. The largest absolute Gasteiger partial charge is 0.378 e. The van der Waals surface area contributed by atoms with E-state index in [1.54, 1.807) is 0 Å². The van der Waals surface area contributed by atoms with Gasteiger partial charge in [0.25, 0.3) is 0 Å². The molecule has 0 rings (SSSR count). The van der Waals surface area contributed by atoms with Crippen LogP contribution in [0.1, 0.15) is 54.4 Å². The van der Waals surface area contributed by atoms with Gasteiger partial charge >= 0.3 is 0 Å². The maximum atomic E-state index is 4.16. The van der Waals surface area contributed by atoms with Crippen LogP contribution < -0.4 is 0 Å². The minimum absolute atomic E-state index is 0.431.